The third-order valence-corrected chi connectivity index (χ3v) is 3.76. The van der Waals surface area contributed by atoms with Crippen LogP contribution in [0.1, 0.15) is 10.4 Å². The van der Waals surface area contributed by atoms with E-state index in [-0.39, 0.29) is 10.0 Å². The molecule has 0 saturated heterocycles. The molecule has 0 aliphatic carbocycles. The van der Waals surface area contributed by atoms with Crippen LogP contribution < -0.4 is 0 Å². The quantitative estimate of drug-likeness (QED) is 0.743. The molecule has 0 atom stereocenters. The number of carboxylic acid groups (broad SMARTS) is 1. The van der Waals surface area contributed by atoms with E-state index >= 15 is 0 Å². The molecule has 3 nitrogen and oxygen atoms in total. The lowest BCUT2D eigenvalue weighted by Crippen LogP contribution is -2.01. The van der Waals surface area contributed by atoms with Gasteiger partial charge in [-0.1, -0.05) is 30.3 Å². The normalized spacial score (nSPS) is 10.8. The van der Waals surface area contributed by atoms with Crippen molar-refractivity contribution in [3.8, 4) is 11.3 Å². The molecule has 1 N–H and O–H groups in total. The van der Waals surface area contributed by atoms with E-state index in [4.69, 9.17) is 0 Å². The zero-order valence-corrected chi connectivity index (χ0v) is 12.3. The van der Waals surface area contributed by atoms with Crippen molar-refractivity contribution in [2.45, 2.75) is 0 Å². The van der Waals surface area contributed by atoms with Crippen LogP contribution in [-0.2, 0) is 0 Å². The minimum absolute atomic E-state index is 0.0968. The lowest BCUT2D eigenvalue weighted by atomic mass is 10.0. The fraction of sp³-hybridized carbons (Fsp3) is 0. The van der Waals surface area contributed by atoms with E-state index in [1.807, 2.05) is 30.3 Å². The molecule has 1 aromatic heterocycles. The summed E-state index contributed by atoms with van der Waals surface area (Å²) >= 11 is 3.07. The fourth-order valence-electron chi connectivity index (χ4n) is 2.15. The van der Waals surface area contributed by atoms with Gasteiger partial charge in [-0.15, -0.1) is 0 Å². The summed E-state index contributed by atoms with van der Waals surface area (Å²) in [5, 5.41) is 9.78. The van der Waals surface area contributed by atoms with E-state index in [0.29, 0.717) is 16.6 Å². The maximum absolute atomic E-state index is 13.7. The SMILES string of the molecule is O=C(O)c1cc(-c2ccccc2)nc2cc(F)c(Br)cc12. The van der Waals surface area contributed by atoms with Crippen LogP contribution in [0.25, 0.3) is 22.2 Å². The summed E-state index contributed by atoms with van der Waals surface area (Å²) in [6.45, 7) is 0. The van der Waals surface area contributed by atoms with Gasteiger partial charge in [-0.25, -0.2) is 14.2 Å². The Morgan fingerprint density at radius 1 is 1.14 bits per heavy atom. The van der Waals surface area contributed by atoms with Crippen molar-refractivity contribution >= 4 is 32.8 Å². The summed E-state index contributed by atoms with van der Waals surface area (Å²) in [4.78, 5) is 15.8. The highest BCUT2D eigenvalue weighted by Crippen LogP contribution is 2.28. The molecule has 0 aliphatic rings. The molecule has 0 fully saturated rings. The van der Waals surface area contributed by atoms with E-state index in [9.17, 15) is 14.3 Å². The van der Waals surface area contributed by atoms with Gasteiger partial charge in [0, 0.05) is 17.0 Å². The lowest BCUT2D eigenvalue weighted by molar-refractivity contribution is 0.0699. The monoisotopic (exact) mass is 345 g/mol. The van der Waals surface area contributed by atoms with Gasteiger partial charge in [0.05, 0.1) is 21.2 Å². The predicted octanol–water partition coefficient (Wildman–Crippen LogP) is 4.50. The van der Waals surface area contributed by atoms with E-state index in [2.05, 4.69) is 20.9 Å². The maximum atomic E-state index is 13.7. The summed E-state index contributed by atoms with van der Waals surface area (Å²) in [5.41, 5.74) is 1.70. The summed E-state index contributed by atoms with van der Waals surface area (Å²) in [6.07, 6.45) is 0. The molecule has 0 bridgehead atoms. The molecule has 5 heteroatoms. The Hall–Kier alpha value is -2.27. The molecule has 0 spiro atoms. The first-order chi connectivity index (χ1) is 10.1. The number of halogens is 2. The van der Waals surface area contributed by atoms with Gasteiger partial charge in [-0.05, 0) is 28.1 Å². The minimum Gasteiger partial charge on any atom is -0.478 e. The highest BCUT2D eigenvalue weighted by Gasteiger charge is 2.15. The van der Waals surface area contributed by atoms with Gasteiger partial charge in [-0.3, -0.25) is 0 Å². The maximum Gasteiger partial charge on any atom is 0.336 e. The van der Waals surface area contributed by atoms with E-state index in [0.717, 1.165) is 5.56 Å². The number of carboxylic acids is 1. The molecule has 0 saturated carbocycles. The van der Waals surface area contributed by atoms with Crippen LogP contribution in [0.4, 0.5) is 4.39 Å². The summed E-state index contributed by atoms with van der Waals surface area (Å²) in [7, 11) is 0. The Kier molecular flexibility index (Phi) is 3.43. The molecule has 3 rings (SSSR count). The Morgan fingerprint density at radius 3 is 2.52 bits per heavy atom. The first-order valence-corrected chi connectivity index (χ1v) is 6.94. The third-order valence-electron chi connectivity index (χ3n) is 3.15. The molecule has 0 amide bonds. The van der Waals surface area contributed by atoms with Crippen LogP contribution in [0, 0.1) is 5.82 Å². The Labute approximate surface area is 128 Å². The predicted molar refractivity (Wildman–Crippen MR) is 81.8 cm³/mol. The number of hydrogen-bond acceptors (Lipinski definition) is 2. The topological polar surface area (TPSA) is 50.2 Å². The van der Waals surface area contributed by atoms with Crippen molar-refractivity contribution in [3.05, 3.63) is 64.4 Å². The van der Waals surface area contributed by atoms with E-state index < -0.39 is 11.8 Å². The molecule has 1 heterocycles. The minimum atomic E-state index is -1.07. The number of nitrogens with zero attached hydrogens (tertiary/aromatic N) is 1. The molecule has 2 aromatic carbocycles. The van der Waals surface area contributed by atoms with Gasteiger partial charge in [0.15, 0.2) is 0 Å². The standard InChI is InChI=1S/C16H9BrFNO2/c17-12-6-10-11(16(20)21)7-14(9-4-2-1-3-5-9)19-15(10)8-13(12)18/h1-8H,(H,20,21). The number of aromatic carboxylic acids is 1. The first kappa shape index (κ1) is 13.7. The van der Waals surface area contributed by atoms with Crippen LogP contribution in [0.15, 0.2) is 53.0 Å². The zero-order chi connectivity index (χ0) is 15.0. The second-order valence-corrected chi connectivity index (χ2v) is 5.36. The average Bonchev–Trinajstić information content (AvgIpc) is 2.48. The largest absolute Gasteiger partial charge is 0.478 e. The van der Waals surface area contributed by atoms with Gasteiger partial charge in [0.1, 0.15) is 5.82 Å². The third kappa shape index (κ3) is 2.52. The number of hydrogen-bond donors (Lipinski definition) is 1. The Balaban J connectivity index is 2.35. The van der Waals surface area contributed by atoms with E-state index in [1.165, 1.54) is 18.2 Å². The molecule has 0 aliphatic heterocycles. The van der Waals surface area contributed by atoms with Gasteiger partial charge in [0.25, 0.3) is 0 Å². The van der Waals surface area contributed by atoms with Crippen molar-refractivity contribution in [1.82, 2.24) is 4.98 Å². The second kappa shape index (κ2) is 5.26. The molecule has 104 valence electrons. The number of benzene rings is 2. The van der Waals surface area contributed by atoms with Crippen molar-refractivity contribution in [2.75, 3.05) is 0 Å². The highest BCUT2D eigenvalue weighted by molar-refractivity contribution is 9.10. The molecule has 0 unspecified atom stereocenters. The fourth-order valence-corrected chi connectivity index (χ4v) is 2.50. The van der Waals surface area contributed by atoms with Crippen molar-refractivity contribution in [1.29, 1.82) is 0 Å². The molecular formula is C16H9BrFNO2. The number of aromatic nitrogens is 1. The van der Waals surface area contributed by atoms with E-state index in [1.54, 1.807) is 0 Å². The number of fused-ring (bicyclic) bond motifs is 1. The van der Waals surface area contributed by atoms with Gasteiger partial charge in [0.2, 0.25) is 0 Å². The number of rotatable bonds is 2. The van der Waals surface area contributed by atoms with Crippen LogP contribution in [0.5, 0.6) is 0 Å². The highest BCUT2D eigenvalue weighted by atomic mass is 79.9. The first-order valence-electron chi connectivity index (χ1n) is 6.15. The van der Waals surface area contributed by atoms with Crippen LogP contribution in [-0.4, -0.2) is 16.1 Å². The smallest absolute Gasteiger partial charge is 0.336 e. The van der Waals surface area contributed by atoms with Crippen LogP contribution in [0.3, 0.4) is 0 Å². The van der Waals surface area contributed by atoms with Crippen molar-refractivity contribution in [2.24, 2.45) is 0 Å². The van der Waals surface area contributed by atoms with Crippen LogP contribution >= 0.6 is 15.9 Å². The van der Waals surface area contributed by atoms with Crippen molar-refractivity contribution < 1.29 is 14.3 Å². The zero-order valence-electron chi connectivity index (χ0n) is 10.7. The van der Waals surface area contributed by atoms with Gasteiger partial charge < -0.3 is 5.11 Å². The number of carbonyl (C=O) groups is 1. The molecule has 21 heavy (non-hydrogen) atoms. The summed E-state index contributed by atoms with van der Waals surface area (Å²) < 4.78 is 13.9. The summed E-state index contributed by atoms with van der Waals surface area (Å²) in [6, 6.07) is 13.4. The van der Waals surface area contributed by atoms with Gasteiger partial charge >= 0.3 is 5.97 Å². The van der Waals surface area contributed by atoms with Crippen molar-refractivity contribution in [3.63, 3.8) is 0 Å². The lowest BCUT2D eigenvalue weighted by Gasteiger charge is -2.08. The van der Waals surface area contributed by atoms with Gasteiger partial charge in [-0.2, -0.15) is 0 Å². The summed E-state index contributed by atoms with van der Waals surface area (Å²) in [5.74, 6) is -1.55. The molecule has 0 radical (unpaired) electrons. The van der Waals surface area contributed by atoms with Crippen LogP contribution in [0.2, 0.25) is 0 Å². The number of pyridine rings is 1. The molecular weight excluding hydrogens is 337 g/mol. The second-order valence-electron chi connectivity index (χ2n) is 4.51. The Morgan fingerprint density at radius 2 is 1.86 bits per heavy atom. The molecule has 3 aromatic rings. The Bertz CT molecular complexity index is 850. The average molecular weight is 346 g/mol.